The van der Waals surface area contributed by atoms with Crippen molar-refractivity contribution in [1.82, 2.24) is 5.32 Å². The van der Waals surface area contributed by atoms with E-state index in [1.165, 1.54) is 7.11 Å². The number of para-hydroxylation sites is 2. The summed E-state index contributed by atoms with van der Waals surface area (Å²) in [7, 11) is 1.32. The van der Waals surface area contributed by atoms with Crippen molar-refractivity contribution in [2.45, 2.75) is 6.10 Å². The molecule has 1 N–H and O–H groups in total. The number of ether oxygens (including phenoxy) is 4. The number of rotatable bonds is 6. The van der Waals surface area contributed by atoms with E-state index in [2.05, 4.69) is 10.1 Å². The summed E-state index contributed by atoms with van der Waals surface area (Å²) in [6.07, 6.45) is -0.256. The molecule has 1 aliphatic heterocycles. The number of carbonyl (C=O) groups excluding carboxylic acids is 2. The summed E-state index contributed by atoms with van der Waals surface area (Å²) < 4.78 is 21.4. The molecule has 136 valence electrons. The van der Waals surface area contributed by atoms with Crippen molar-refractivity contribution in [3.05, 3.63) is 54.1 Å². The van der Waals surface area contributed by atoms with Crippen molar-refractivity contribution in [2.75, 3.05) is 26.9 Å². The molecule has 0 saturated carbocycles. The van der Waals surface area contributed by atoms with Gasteiger partial charge in [0, 0.05) is 0 Å². The van der Waals surface area contributed by atoms with E-state index in [0.29, 0.717) is 36.0 Å². The molecule has 7 nitrogen and oxygen atoms in total. The Hall–Kier alpha value is -3.22. The minimum Gasteiger partial charge on any atom is -0.486 e. The van der Waals surface area contributed by atoms with Gasteiger partial charge < -0.3 is 24.3 Å². The SMILES string of the molecule is COC(=O)c1ccc(OCC(=O)NCC2COc3ccccc3O2)cc1. The van der Waals surface area contributed by atoms with Gasteiger partial charge in [0.2, 0.25) is 0 Å². The molecule has 7 heteroatoms. The molecule has 0 spiro atoms. The number of hydrogen-bond donors (Lipinski definition) is 1. The van der Waals surface area contributed by atoms with Gasteiger partial charge >= 0.3 is 5.97 Å². The first kappa shape index (κ1) is 17.6. The molecule has 2 aromatic carbocycles. The van der Waals surface area contributed by atoms with Crippen molar-refractivity contribution < 1.29 is 28.5 Å². The zero-order valence-electron chi connectivity index (χ0n) is 14.3. The molecular weight excluding hydrogens is 338 g/mol. The summed E-state index contributed by atoms with van der Waals surface area (Å²) in [5, 5.41) is 2.75. The normalized spacial score (nSPS) is 15.0. The van der Waals surface area contributed by atoms with Gasteiger partial charge in [0.1, 0.15) is 18.5 Å². The maximum Gasteiger partial charge on any atom is 0.337 e. The van der Waals surface area contributed by atoms with Gasteiger partial charge in [0.15, 0.2) is 18.1 Å². The van der Waals surface area contributed by atoms with Gasteiger partial charge in [-0.3, -0.25) is 4.79 Å². The first-order valence-electron chi connectivity index (χ1n) is 8.12. The van der Waals surface area contributed by atoms with Gasteiger partial charge in [-0.1, -0.05) is 12.1 Å². The number of methoxy groups -OCH3 is 1. The molecule has 0 radical (unpaired) electrons. The topological polar surface area (TPSA) is 83.1 Å². The van der Waals surface area contributed by atoms with E-state index in [1.807, 2.05) is 24.3 Å². The van der Waals surface area contributed by atoms with Crippen LogP contribution in [0.25, 0.3) is 0 Å². The Bertz CT molecular complexity index is 774. The fourth-order valence-corrected chi connectivity index (χ4v) is 2.40. The lowest BCUT2D eigenvalue weighted by molar-refractivity contribution is -0.123. The van der Waals surface area contributed by atoms with Crippen molar-refractivity contribution in [2.24, 2.45) is 0 Å². The summed E-state index contributed by atoms with van der Waals surface area (Å²) in [6.45, 7) is 0.548. The second kappa shape index (κ2) is 8.24. The van der Waals surface area contributed by atoms with Crippen LogP contribution in [-0.2, 0) is 9.53 Å². The van der Waals surface area contributed by atoms with E-state index in [9.17, 15) is 9.59 Å². The van der Waals surface area contributed by atoms with Crippen LogP contribution in [0.2, 0.25) is 0 Å². The van der Waals surface area contributed by atoms with Crippen molar-refractivity contribution in [1.29, 1.82) is 0 Å². The van der Waals surface area contributed by atoms with Crippen LogP contribution in [0, 0.1) is 0 Å². The third kappa shape index (κ3) is 4.44. The maximum absolute atomic E-state index is 11.9. The predicted octanol–water partition coefficient (Wildman–Crippen LogP) is 1.81. The second-order valence-corrected chi connectivity index (χ2v) is 5.61. The third-order valence-electron chi connectivity index (χ3n) is 3.74. The van der Waals surface area contributed by atoms with Gasteiger partial charge in [0.05, 0.1) is 19.2 Å². The van der Waals surface area contributed by atoms with Gasteiger partial charge in [-0.2, -0.15) is 0 Å². The Balaban J connectivity index is 1.41. The average Bonchev–Trinajstić information content (AvgIpc) is 2.70. The average molecular weight is 357 g/mol. The molecule has 0 aromatic heterocycles. The minimum atomic E-state index is -0.425. The molecule has 2 aromatic rings. The molecule has 1 atom stereocenters. The molecular formula is C19H19NO6. The highest BCUT2D eigenvalue weighted by atomic mass is 16.6. The van der Waals surface area contributed by atoms with Gasteiger partial charge in [-0.25, -0.2) is 4.79 Å². The lowest BCUT2D eigenvalue weighted by Gasteiger charge is -2.26. The molecule has 1 heterocycles. The Morgan fingerprint density at radius 3 is 2.58 bits per heavy atom. The first-order chi connectivity index (χ1) is 12.7. The molecule has 0 saturated heterocycles. The predicted molar refractivity (Wildman–Crippen MR) is 92.6 cm³/mol. The van der Waals surface area contributed by atoms with E-state index < -0.39 is 5.97 Å². The van der Waals surface area contributed by atoms with E-state index in [-0.39, 0.29) is 18.6 Å². The summed E-state index contributed by atoms with van der Waals surface area (Å²) >= 11 is 0. The van der Waals surface area contributed by atoms with Crippen LogP contribution in [0.15, 0.2) is 48.5 Å². The van der Waals surface area contributed by atoms with Crippen molar-refractivity contribution in [3.8, 4) is 17.2 Å². The molecule has 1 amide bonds. The highest BCUT2D eigenvalue weighted by Gasteiger charge is 2.21. The molecule has 1 aliphatic rings. The van der Waals surface area contributed by atoms with Crippen LogP contribution in [0.4, 0.5) is 0 Å². The summed E-state index contributed by atoms with van der Waals surface area (Å²) in [4.78, 5) is 23.3. The van der Waals surface area contributed by atoms with Crippen molar-refractivity contribution >= 4 is 11.9 Å². The van der Waals surface area contributed by atoms with Crippen LogP contribution in [0.5, 0.6) is 17.2 Å². The standard InChI is InChI=1S/C19H19NO6/c1-23-19(22)13-6-8-14(9-7-13)24-12-18(21)20-10-15-11-25-16-4-2-3-5-17(16)26-15/h2-9,15H,10-12H2,1H3,(H,20,21). The largest absolute Gasteiger partial charge is 0.486 e. The van der Waals surface area contributed by atoms with E-state index >= 15 is 0 Å². The summed E-state index contributed by atoms with van der Waals surface area (Å²) in [6, 6.07) is 13.8. The summed E-state index contributed by atoms with van der Waals surface area (Å²) in [5.41, 5.74) is 0.416. The number of carbonyl (C=O) groups is 2. The Kier molecular flexibility index (Phi) is 5.58. The molecule has 26 heavy (non-hydrogen) atoms. The quantitative estimate of drug-likeness (QED) is 0.794. The number of hydrogen-bond acceptors (Lipinski definition) is 6. The van der Waals surface area contributed by atoms with Gasteiger partial charge in [0.25, 0.3) is 5.91 Å². The fourth-order valence-electron chi connectivity index (χ4n) is 2.40. The van der Waals surface area contributed by atoms with Crippen LogP contribution < -0.4 is 19.5 Å². The number of esters is 1. The third-order valence-corrected chi connectivity index (χ3v) is 3.74. The fraction of sp³-hybridized carbons (Fsp3) is 0.263. The van der Waals surface area contributed by atoms with Crippen LogP contribution in [-0.4, -0.2) is 44.8 Å². The van der Waals surface area contributed by atoms with Gasteiger partial charge in [-0.15, -0.1) is 0 Å². The van der Waals surface area contributed by atoms with Crippen LogP contribution in [0.3, 0.4) is 0 Å². The molecule has 3 rings (SSSR count). The number of amides is 1. The smallest absolute Gasteiger partial charge is 0.337 e. The lowest BCUT2D eigenvalue weighted by Crippen LogP contribution is -2.42. The minimum absolute atomic E-state index is 0.137. The molecule has 1 unspecified atom stereocenters. The molecule has 0 fully saturated rings. The maximum atomic E-state index is 11.9. The molecule has 0 aliphatic carbocycles. The lowest BCUT2D eigenvalue weighted by atomic mass is 10.2. The Morgan fingerprint density at radius 2 is 1.85 bits per heavy atom. The Labute approximate surface area is 150 Å². The highest BCUT2D eigenvalue weighted by molar-refractivity contribution is 5.89. The number of benzene rings is 2. The molecule has 0 bridgehead atoms. The first-order valence-corrected chi connectivity index (χ1v) is 8.12. The van der Waals surface area contributed by atoms with Crippen molar-refractivity contribution in [3.63, 3.8) is 0 Å². The summed E-state index contributed by atoms with van der Waals surface area (Å²) in [5.74, 6) is 1.16. The van der Waals surface area contributed by atoms with E-state index in [0.717, 1.165) is 0 Å². The number of nitrogens with one attached hydrogen (secondary N) is 1. The zero-order chi connectivity index (χ0) is 18.4. The van der Waals surface area contributed by atoms with Gasteiger partial charge in [-0.05, 0) is 36.4 Å². The number of fused-ring (bicyclic) bond motifs is 1. The second-order valence-electron chi connectivity index (χ2n) is 5.61. The highest BCUT2D eigenvalue weighted by Crippen LogP contribution is 2.30. The van der Waals surface area contributed by atoms with E-state index in [4.69, 9.17) is 14.2 Å². The van der Waals surface area contributed by atoms with E-state index in [1.54, 1.807) is 24.3 Å². The Morgan fingerprint density at radius 1 is 1.12 bits per heavy atom. The zero-order valence-corrected chi connectivity index (χ0v) is 14.3. The van der Waals surface area contributed by atoms with Crippen LogP contribution >= 0.6 is 0 Å². The monoisotopic (exact) mass is 357 g/mol. The van der Waals surface area contributed by atoms with Crippen LogP contribution in [0.1, 0.15) is 10.4 Å².